The van der Waals surface area contributed by atoms with Crippen molar-refractivity contribution in [3.05, 3.63) is 30.1 Å². The molecule has 1 aromatic rings. The first-order valence-electron chi connectivity index (χ1n) is 7.05. The Balaban J connectivity index is 1.71. The lowest BCUT2D eigenvalue weighted by Crippen LogP contribution is -2.40. The molecule has 0 radical (unpaired) electrons. The van der Waals surface area contributed by atoms with E-state index in [0.717, 1.165) is 38.0 Å². The average molecular weight is 272 g/mol. The van der Waals surface area contributed by atoms with Crippen LogP contribution in [-0.4, -0.2) is 35.4 Å². The number of nitrogens with one attached hydrogen (secondary N) is 1. The van der Waals surface area contributed by atoms with E-state index < -0.39 is 0 Å². The zero-order valence-corrected chi connectivity index (χ0v) is 11.6. The Morgan fingerprint density at radius 2 is 2.10 bits per heavy atom. The fourth-order valence-electron chi connectivity index (χ4n) is 2.46. The zero-order valence-electron chi connectivity index (χ0n) is 11.6. The fraction of sp³-hybridized carbons (Fsp3) is 0.533. The maximum Gasteiger partial charge on any atom is 0.223 e. The number of pyridine rings is 1. The Labute approximate surface area is 119 Å². The fourth-order valence-corrected chi connectivity index (χ4v) is 2.46. The first-order valence-corrected chi connectivity index (χ1v) is 7.05. The van der Waals surface area contributed by atoms with Crippen LogP contribution in [0, 0.1) is 17.2 Å². The lowest BCUT2D eigenvalue weighted by molar-refractivity contribution is -0.126. The van der Waals surface area contributed by atoms with Gasteiger partial charge >= 0.3 is 0 Å². The van der Waals surface area contributed by atoms with Gasteiger partial charge in [0.05, 0.1) is 6.07 Å². The van der Waals surface area contributed by atoms with Crippen LogP contribution < -0.4 is 5.32 Å². The van der Waals surface area contributed by atoms with Crippen molar-refractivity contribution in [3.63, 3.8) is 0 Å². The lowest BCUT2D eigenvalue weighted by Gasteiger charge is -2.30. The second-order valence-electron chi connectivity index (χ2n) is 5.10. The van der Waals surface area contributed by atoms with Gasteiger partial charge in [-0.1, -0.05) is 0 Å². The number of aromatic nitrogens is 1. The summed E-state index contributed by atoms with van der Waals surface area (Å²) in [7, 11) is 0. The van der Waals surface area contributed by atoms with E-state index in [-0.39, 0.29) is 11.8 Å². The van der Waals surface area contributed by atoms with Gasteiger partial charge in [0.2, 0.25) is 5.91 Å². The molecule has 0 aromatic carbocycles. The van der Waals surface area contributed by atoms with Crippen molar-refractivity contribution >= 4 is 5.91 Å². The second-order valence-corrected chi connectivity index (χ2v) is 5.10. The minimum absolute atomic E-state index is 0.107. The van der Waals surface area contributed by atoms with E-state index in [2.05, 4.69) is 21.3 Å². The molecule has 1 aliphatic rings. The minimum atomic E-state index is 0.107. The van der Waals surface area contributed by atoms with Crippen LogP contribution in [0.3, 0.4) is 0 Å². The van der Waals surface area contributed by atoms with Gasteiger partial charge in [0.1, 0.15) is 0 Å². The van der Waals surface area contributed by atoms with Crippen LogP contribution in [0.4, 0.5) is 0 Å². The average Bonchev–Trinajstić information content (AvgIpc) is 2.52. The third-order valence-corrected chi connectivity index (χ3v) is 3.71. The first-order chi connectivity index (χ1) is 9.79. The van der Waals surface area contributed by atoms with Crippen LogP contribution in [-0.2, 0) is 11.3 Å². The predicted octanol–water partition coefficient (Wildman–Crippen LogP) is 1.32. The lowest BCUT2D eigenvalue weighted by atomic mass is 9.95. The standard InChI is InChI=1S/C15H20N4O/c16-6-1-9-19-10-4-14(5-11-19)15(20)18-12-13-2-7-17-8-3-13/h2-3,7-8,14H,1,4-5,9-12H2,(H,18,20). The van der Waals surface area contributed by atoms with Gasteiger partial charge in [-0.3, -0.25) is 9.78 Å². The van der Waals surface area contributed by atoms with Crippen LogP contribution in [0.2, 0.25) is 0 Å². The van der Waals surface area contributed by atoms with E-state index in [9.17, 15) is 4.79 Å². The third-order valence-electron chi connectivity index (χ3n) is 3.71. The Kier molecular flexibility index (Phi) is 5.51. The summed E-state index contributed by atoms with van der Waals surface area (Å²) in [6, 6.07) is 5.98. The number of hydrogen-bond acceptors (Lipinski definition) is 4. The number of amides is 1. The van der Waals surface area contributed by atoms with Gasteiger partial charge in [-0.05, 0) is 43.6 Å². The molecule has 1 saturated heterocycles. The second kappa shape index (κ2) is 7.61. The molecule has 1 aromatic heterocycles. The molecule has 0 atom stereocenters. The van der Waals surface area contributed by atoms with Gasteiger partial charge in [-0.25, -0.2) is 0 Å². The molecule has 0 unspecified atom stereocenters. The molecular weight excluding hydrogens is 252 g/mol. The molecule has 1 N–H and O–H groups in total. The highest BCUT2D eigenvalue weighted by Gasteiger charge is 2.24. The summed E-state index contributed by atoms with van der Waals surface area (Å²) >= 11 is 0. The zero-order chi connectivity index (χ0) is 14.2. The molecule has 1 amide bonds. The van der Waals surface area contributed by atoms with E-state index in [0.29, 0.717) is 13.0 Å². The van der Waals surface area contributed by atoms with Crippen LogP contribution in [0.5, 0.6) is 0 Å². The van der Waals surface area contributed by atoms with E-state index >= 15 is 0 Å². The molecule has 2 heterocycles. The monoisotopic (exact) mass is 272 g/mol. The third kappa shape index (κ3) is 4.32. The number of rotatable bonds is 5. The summed E-state index contributed by atoms with van der Waals surface area (Å²) in [5.41, 5.74) is 1.07. The van der Waals surface area contributed by atoms with Crippen LogP contribution in [0.1, 0.15) is 24.8 Å². The smallest absolute Gasteiger partial charge is 0.223 e. The molecule has 5 nitrogen and oxygen atoms in total. The van der Waals surface area contributed by atoms with Crippen molar-refractivity contribution in [3.8, 4) is 6.07 Å². The van der Waals surface area contributed by atoms with Gasteiger partial charge in [0.25, 0.3) is 0 Å². The van der Waals surface area contributed by atoms with Crippen molar-refractivity contribution in [2.75, 3.05) is 19.6 Å². The van der Waals surface area contributed by atoms with Crippen LogP contribution in [0.15, 0.2) is 24.5 Å². The van der Waals surface area contributed by atoms with Gasteiger partial charge in [0, 0.05) is 37.8 Å². The number of nitrogens with zero attached hydrogens (tertiary/aromatic N) is 3. The Morgan fingerprint density at radius 3 is 2.75 bits per heavy atom. The number of hydrogen-bond donors (Lipinski definition) is 1. The largest absolute Gasteiger partial charge is 0.352 e. The van der Waals surface area contributed by atoms with Crippen molar-refractivity contribution in [1.82, 2.24) is 15.2 Å². The molecule has 20 heavy (non-hydrogen) atoms. The molecule has 0 saturated carbocycles. The van der Waals surface area contributed by atoms with Crippen molar-refractivity contribution in [2.24, 2.45) is 5.92 Å². The summed E-state index contributed by atoms with van der Waals surface area (Å²) in [5, 5.41) is 11.6. The Hall–Kier alpha value is -1.93. The predicted molar refractivity (Wildman–Crippen MR) is 75.5 cm³/mol. The minimum Gasteiger partial charge on any atom is -0.352 e. The Morgan fingerprint density at radius 1 is 1.40 bits per heavy atom. The molecular formula is C15H20N4O. The highest BCUT2D eigenvalue weighted by atomic mass is 16.1. The number of carbonyl (C=O) groups is 1. The Bertz CT molecular complexity index is 461. The number of piperidine rings is 1. The van der Waals surface area contributed by atoms with Crippen LogP contribution >= 0.6 is 0 Å². The molecule has 1 aliphatic heterocycles. The highest BCUT2D eigenvalue weighted by Crippen LogP contribution is 2.17. The van der Waals surface area contributed by atoms with Crippen molar-refractivity contribution in [1.29, 1.82) is 5.26 Å². The normalized spacial score (nSPS) is 16.6. The molecule has 106 valence electrons. The summed E-state index contributed by atoms with van der Waals surface area (Å²) in [5.74, 6) is 0.247. The van der Waals surface area contributed by atoms with Gasteiger partial charge in [-0.2, -0.15) is 5.26 Å². The number of likely N-dealkylation sites (tertiary alicyclic amines) is 1. The van der Waals surface area contributed by atoms with Gasteiger partial charge in [0.15, 0.2) is 0 Å². The quantitative estimate of drug-likeness (QED) is 0.878. The summed E-state index contributed by atoms with van der Waals surface area (Å²) in [6.45, 7) is 3.21. The maximum absolute atomic E-state index is 12.1. The summed E-state index contributed by atoms with van der Waals surface area (Å²) in [4.78, 5) is 18.3. The summed E-state index contributed by atoms with van der Waals surface area (Å²) < 4.78 is 0. The first kappa shape index (κ1) is 14.5. The molecule has 0 aliphatic carbocycles. The SMILES string of the molecule is N#CCCN1CCC(C(=O)NCc2ccncc2)CC1. The van der Waals surface area contributed by atoms with Crippen molar-refractivity contribution < 1.29 is 4.79 Å². The molecule has 2 rings (SSSR count). The maximum atomic E-state index is 12.1. The van der Waals surface area contributed by atoms with E-state index in [1.165, 1.54) is 0 Å². The van der Waals surface area contributed by atoms with E-state index in [1.54, 1.807) is 12.4 Å². The van der Waals surface area contributed by atoms with Crippen molar-refractivity contribution in [2.45, 2.75) is 25.8 Å². The highest BCUT2D eigenvalue weighted by molar-refractivity contribution is 5.78. The van der Waals surface area contributed by atoms with E-state index in [4.69, 9.17) is 5.26 Å². The molecule has 5 heteroatoms. The van der Waals surface area contributed by atoms with Gasteiger partial charge < -0.3 is 10.2 Å². The van der Waals surface area contributed by atoms with Gasteiger partial charge in [-0.15, -0.1) is 0 Å². The summed E-state index contributed by atoms with van der Waals surface area (Å²) in [6.07, 6.45) is 5.80. The number of nitriles is 1. The molecule has 1 fully saturated rings. The molecule has 0 bridgehead atoms. The van der Waals surface area contributed by atoms with E-state index in [1.807, 2.05) is 12.1 Å². The topological polar surface area (TPSA) is 69.0 Å². The molecule has 0 spiro atoms. The van der Waals surface area contributed by atoms with Crippen LogP contribution in [0.25, 0.3) is 0 Å². The number of carbonyl (C=O) groups excluding carboxylic acids is 1.